The fourth-order valence-electron chi connectivity index (χ4n) is 3.33. The number of H-pyrrole nitrogens is 1. The molecule has 30 heavy (non-hydrogen) atoms. The second-order valence-corrected chi connectivity index (χ2v) is 7.97. The molecule has 0 radical (unpaired) electrons. The monoisotopic (exact) mass is 418 g/mol. The van der Waals surface area contributed by atoms with E-state index in [9.17, 15) is 9.90 Å². The summed E-state index contributed by atoms with van der Waals surface area (Å²) in [4.78, 5) is 16.6. The van der Waals surface area contributed by atoms with Crippen molar-refractivity contribution in [1.29, 1.82) is 0 Å². The Kier molecular flexibility index (Phi) is 6.07. The summed E-state index contributed by atoms with van der Waals surface area (Å²) in [6.07, 6.45) is 0. The molecule has 4 rings (SSSR count). The Labute approximate surface area is 179 Å². The number of hydrogen-bond donors (Lipinski definition) is 3. The number of carboxylic acid groups (broad SMARTS) is 1. The minimum atomic E-state index is -0.956. The van der Waals surface area contributed by atoms with Crippen LogP contribution < -0.4 is 10.1 Å². The molecule has 4 aromatic rings. The van der Waals surface area contributed by atoms with E-state index >= 15 is 0 Å². The van der Waals surface area contributed by atoms with Crippen molar-refractivity contribution < 1.29 is 14.6 Å². The second-order valence-electron chi connectivity index (χ2n) is 6.88. The van der Waals surface area contributed by atoms with Gasteiger partial charge in [0.25, 0.3) is 0 Å². The van der Waals surface area contributed by atoms with Gasteiger partial charge in [-0.25, -0.2) is 4.79 Å². The summed E-state index contributed by atoms with van der Waals surface area (Å²) < 4.78 is 5.26. The molecule has 1 heterocycles. The molecule has 0 atom stereocenters. The summed E-state index contributed by atoms with van der Waals surface area (Å²) >= 11 is 1.46. The van der Waals surface area contributed by atoms with Crippen molar-refractivity contribution >= 4 is 28.6 Å². The Morgan fingerprint density at radius 1 is 1.00 bits per heavy atom. The van der Waals surface area contributed by atoms with Gasteiger partial charge in [-0.3, -0.25) is 0 Å². The summed E-state index contributed by atoms with van der Waals surface area (Å²) in [5.74, 6) is -0.117. The van der Waals surface area contributed by atoms with Crippen molar-refractivity contribution in [3.8, 4) is 5.75 Å². The molecule has 0 aliphatic carbocycles. The highest BCUT2D eigenvalue weighted by Gasteiger charge is 2.18. The van der Waals surface area contributed by atoms with Gasteiger partial charge in [-0.05, 0) is 41.5 Å². The van der Waals surface area contributed by atoms with Gasteiger partial charge in [0, 0.05) is 28.9 Å². The highest BCUT2D eigenvalue weighted by atomic mass is 32.2. The maximum atomic E-state index is 11.8. The number of carbonyl (C=O) groups is 1. The van der Waals surface area contributed by atoms with Crippen LogP contribution in [0.1, 0.15) is 21.6 Å². The zero-order valence-corrected chi connectivity index (χ0v) is 17.3. The van der Waals surface area contributed by atoms with Crippen LogP contribution in [0.4, 0.5) is 0 Å². The van der Waals surface area contributed by atoms with Crippen LogP contribution in [0.25, 0.3) is 10.9 Å². The van der Waals surface area contributed by atoms with Crippen molar-refractivity contribution in [3.63, 3.8) is 0 Å². The van der Waals surface area contributed by atoms with Crippen LogP contribution >= 0.6 is 11.8 Å². The predicted molar refractivity (Wildman–Crippen MR) is 119 cm³/mol. The normalized spacial score (nSPS) is 11.0. The van der Waals surface area contributed by atoms with Crippen LogP contribution in [0.2, 0.25) is 0 Å². The van der Waals surface area contributed by atoms with E-state index in [1.807, 2.05) is 66.7 Å². The van der Waals surface area contributed by atoms with E-state index in [4.69, 9.17) is 4.74 Å². The maximum Gasteiger partial charge on any atom is 0.353 e. The topological polar surface area (TPSA) is 74.3 Å². The lowest BCUT2D eigenvalue weighted by atomic mass is 10.1. The first-order valence-corrected chi connectivity index (χ1v) is 10.4. The van der Waals surface area contributed by atoms with Crippen LogP contribution in [-0.2, 0) is 13.1 Å². The van der Waals surface area contributed by atoms with E-state index in [0.29, 0.717) is 6.54 Å². The second kappa shape index (κ2) is 9.07. The maximum absolute atomic E-state index is 11.8. The smallest absolute Gasteiger partial charge is 0.353 e. The van der Waals surface area contributed by atoms with E-state index < -0.39 is 5.97 Å². The molecule has 0 aliphatic rings. The summed E-state index contributed by atoms with van der Waals surface area (Å²) in [6, 6.07) is 23.8. The van der Waals surface area contributed by atoms with Gasteiger partial charge in [0.2, 0.25) is 0 Å². The summed E-state index contributed by atoms with van der Waals surface area (Å²) in [5, 5.41) is 14.0. The number of hydrogen-bond acceptors (Lipinski definition) is 4. The van der Waals surface area contributed by atoms with Crippen LogP contribution in [0, 0.1) is 0 Å². The molecule has 0 amide bonds. The van der Waals surface area contributed by atoms with Gasteiger partial charge < -0.3 is 20.1 Å². The van der Waals surface area contributed by atoms with Crippen LogP contribution in [0.15, 0.2) is 82.6 Å². The molecule has 0 fully saturated rings. The van der Waals surface area contributed by atoms with Crippen molar-refractivity contribution in [1.82, 2.24) is 10.3 Å². The lowest BCUT2D eigenvalue weighted by Gasteiger charge is -2.07. The number of nitrogens with one attached hydrogen (secondary N) is 2. The highest BCUT2D eigenvalue weighted by Crippen LogP contribution is 2.37. The molecular weight excluding hydrogens is 396 g/mol. The minimum Gasteiger partial charge on any atom is -0.497 e. The van der Waals surface area contributed by atoms with Gasteiger partial charge in [-0.15, -0.1) is 0 Å². The van der Waals surface area contributed by atoms with E-state index in [2.05, 4.69) is 16.4 Å². The van der Waals surface area contributed by atoms with E-state index in [1.54, 1.807) is 7.11 Å². The molecule has 0 saturated carbocycles. The molecule has 0 spiro atoms. The Bertz CT molecular complexity index is 1170. The predicted octanol–water partition coefficient (Wildman–Crippen LogP) is 5.32. The number of aromatic carboxylic acids is 1. The minimum absolute atomic E-state index is 0.223. The zero-order chi connectivity index (χ0) is 20.9. The van der Waals surface area contributed by atoms with Gasteiger partial charge in [-0.2, -0.15) is 0 Å². The van der Waals surface area contributed by atoms with Crippen molar-refractivity contribution in [2.45, 2.75) is 22.9 Å². The van der Waals surface area contributed by atoms with Gasteiger partial charge in [0.05, 0.1) is 12.0 Å². The number of aromatic amines is 1. The Hall–Kier alpha value is -3.22. The Morgan fingerprint density at radius 2 is 1.77 bits per heavy atom. The molecule has 0 aliphatic heterocycles. The van der Waals surface area contributed by atoms with E-state index in [1.165, 1.54) is 11.8 Å². The average molecular weight is 419 g/mol. The molecule has 0 saturated heterocycles. The lowest BCUT2D eigenvalue weighted by molar-refractivity contribution is 0.0688. The van der Waals surface area contributed by atoms with Crippen LogP contribution in [-0.4, -0.2) is 23.2 Å². The zero-order valence-electron chi connectivity index (χ0n) is 16.5. The molecule has 3 aromatic carbocycles. The summed E-state index contributed by atoms with van der Waals surface area (Å²) in [5.41, 5.74) is 3.27. The quantitative estimate of drug-likeness (QED) is 0.361. The number of benzene rings is 3. The van der Waals surface area contributed by atoms with Crippen molar-refractivity contribution in [3.05, 3.63) is 89.6 Å². The first-order valence-electron chi connectivity index (χ1n) is 9.58. The van der Waals surface area contributed by atoms with Gasteiger partial charge >= 0.3 is 5.97 Å². The number of aromatic nitrogens is 1. The largest absolute Gasteiger partial charge is 0.497 e. The molecule has 0 unspecified atom stereocenters. The van der Waals surface area contributed by atoms with Gasteiger partial charge in [-0.1, -0.05) is 54.2 Å². The summed E-state index contributed by atoms with van der Waals surface area (Å²) in [6.45, 7) is 1.39. The number of methoxy groups -OCH3 is 1. The van der Waals surface area contributed by atoms with E-state index in [0.717, 1.165) is 44.1 Å². The standard InChI is InChI=1S/C24H22N2O3S/c1-29-18-7-5-6-16(12-18)14-25-15-17-10-11-20-21(13-17)26-22(24(27)28)23(20)30-19-8-3-2-4-9-19/h2-13,25-26H,14-15H2,1H3,(H,27,28). The third-order valence-corrected chi connectivity index (χ3v) is 5.92. The first-order chi connectivity index (χ1) is 14.6. The third-order valence-electron chi connectivity index (χ3n) is 4.78. The van der Waals surface area contributed by atoms with Crippen molar-refractivity contribution in [2.75, 3.05) is 7.11 Å². The molecular formula is C24H22N2O3S. The first kappa shape index (κ1) is 20.1. The highest BCUT2D eigenvalue weighted by molar-refractivity contribution is 7.99. The third kappa shape index (κ3) is 4.50. The SMILES string of the molecule is COc1cccc(CNCc2ccc3c(Sc4ccccc4)c(C(=O)O)[nH]c3c2)c1. The number of carboxylic acids is 1. The number of fused-ring (bicyclic) bond motifs is 1. The Morgan fingerprint density at radius 3 is 2.50 bits per heavy atom. The number of ether oxygens (including phenoxy) is 1. The summed E-state index contributed by atoms with van der Waals surface area (Å²) in [7, 11) is 1.66. The fourth-order valence-corrected chi connectivity index (χ4v) is 4.38. The average Bonchev–Trinajstić information content (AvgIpc) is 3.12. The molecule has 3 N–H and O–H groups in total. The van der Waals surface area contributed by atoms with Crippen LogP contribution in [0.5, 0.6) is 5.75 Å². The lowest BCUT2D eigenvalue weighted by Crippen LogP contribution is -2.12. The molecule has 1 aromatic heterocycles. The molecule has 0 bridgehead atoms. The van der Waals surface area contributed by atoms with Gasteiger partial charge in [0.1, 0.15) is 11.4 Å². The number of rotatable bonds is 8. The van der Waals surface area contributed by atoms with Crippen molar-refractivity contribution in [2.24, 2.45) is 0 Å². The van der Waals surface area contributed by atoms with Crippen LogP contribution in [0.3, 0.4) is 0 Å². The molecule has 5 nitrogen and oxygen atoms in total. The van der Waals surface area contributed by atoms with Gasteiger partial charge in [0.15, 0.2) is 0 Å². The fraction of sp³-hybridized carbons (Fsp3) is 0.125. The molecule has 6 heteroatoms. The Balaban J connectivity index is 1.53. The van der Waals surface area contributed by atoms with E-state index in [-0.39, 0.29) is 5.69 Å². The molecule has 152 valence electrons.